The van der Waals surface area contributed by atoms with Crippen molar-refractivity contribution in [2.75, 3.05) is 7.11 Å². The summed E-state index contributed by atoms with van der Waals surface area (Å²) in [5.41, 5.74) is 7.10. The van der Waals surface area contributed by atoms with Gasteiger partial charge < -0.3 is 20.3 Å². The summed E-state index contributed by atoms with van der Waals surface area (Å²) in [7, 11) is 1.55. The van der Waals surface area contributed by atoms with Crippen LogP contribution in [0.25, 0.3) is 0 Å². The second-order valence-electron chi connectivity index (χ2n) is 4.25. The van der Waals surface area contributed by atoms with Crippen LogP contribution in [0.1, 0.15) is 11.1 Å². The van der Waals surface area contributed by atoms with Crippen molar-refractivity contribution in [3.8, 4) is 17.2 Å². The second-order valence-corrected chi connectivity index (χ2v) is 5.55. The molecule has 0 amide bonds. The maximum atomic E-state index is 9.14. The lowest BCUT2D eigenvalue weighted by atomic mass is 10.2. The van der Waals surface area contributed by atoms with E-state index in [-0.39, 0.29) is 6.61 Å². The van der Waals surface area contributed by atoms with Gasteiger partial charge in [0.15, 0.2) is 11.5 Å². The average molecular weight is 368 g/mol. The average Bonchev–Trinajstić information content (AvgIpc) is 2.49. The number of rotatable bonds is 5. The monoisotopic (exact) mass is 367 g/mol. The Hall–Kier alpha value is -1.63. The molecule has 0 heterocycles. The Morgan fingerprint density at radius 1 is 1.19 bits per heavy atom. The Balaban J connectivity index is 2.32. The van der Waals surface area contributed by atoms with E-state index in [0.29, 0.717) is 22.2 Å². The van der Waals surface area contributed by atoms with E-state index in [9.17, 15) is 0 Å². The van der Waals surface area contributed by atoms with Gasteiger partial charge in [-0.25, -0.2) is 0 Å². The Morgan fingerprint density at radius 3 is 2.48 bits per heavy atom. The van der Waals surface area contributed by atoms with Crippen LogP contribution in [0.4, 0.5) is 0 Å². The van der Waals surface area contributed by atoms with E-state index in [1.165, 1.54) is 0 Å². The van der Waals surface area contributed by atoms with Crippen LogP contribution in [-0.2, 0) is 6.61 Å². The summed E-state index contributed by atoms with van der Waals surface area (Å²) in [5.74, 6) is 1.72. The van der Waals surface area contributed by atoms with Crippen LogP contribution in [0.3, 0.4) is 0 Å². The van der Waals surface area contributed by atoms with Gasteiger partial charge in [-0.05, 0) is 51.8 Å². The summed E-state index contributed by atoms with van der Waals surface area (Å²) in [6, 6.07) is 10.6. The minimum atomic E-state index is -0.0526. The summed E-state index contributed by atoms with van der Waals surface area (Å²) in [6.45, 7) is -0.0526. The lowest BCUT2D eigenvalue weighted by Crippen LogP contribution is -2.09. The summed E-state index contributed by atoms with van der Waals surface area (Å²) in [5, 5.41) is 9.14. The summed E-state index contributed by atoms with van der Waals surface area (Å²) in [4.78, 5) is 0.326. The predicted molar refractivity (Wildman–Crippen MR) is 89.0 cm³/mol. The van der Waals surface area contributed by atoms with Gasteiger partial charge in [0.25, 0.3) is 0 Å². The molecule has 0 atom stereocenters. The van der Waals surface area contributed by atoms with Gasteiger partial charge in [-0.2, -0.15) is 0 Å². The highest BCUT2D eigenvalue weighted by Crippen LogP contribution is 2.36. The van der Waals surface area contributed by atoms with Gasteiger partial charge in [-0.3, -0.25) is 0 Å². The molecule has 0 radical (unpaired) electrons. The molecule has 0 spiro atoms. The molecule has 0 unspecified atom stereocenters. The third kappa shape index (κ3) is 3.72. The normalized spacial score (nSPS) is 10.2. The number of methoxy groups -OCH3 is 1. The highest BCUT2D eigenvalue weighted by molar-refractivity contribution is 9.10. The van der Waals surface area contributed by atoms with Crippen LogP contribution in [0.15, 0.2) is 40.9 Å². The van der Waals surface area contributed by atoms with E-state index in [1.807, 2.05) is 0 Å². The van der Waals surface area contributed by atoms with Crippen molar-refractivity contribution in [3.63, 3.8) is 0 Å². The summed E-state index contributed by atoms with van der Waals surface area (Å²) in [6.07, 6.45) is 0. The number of aliphatic hydroxyl groups is 1. The number of hydrogen-bond acceptors (Lipinski definition) is 4. The molecule has 2 aromatic carbocycles. The molecule has 21 heavy (non-hydrogen) atoms. The molecule has 0 fully saturated rings. The smallest absolute Gasteiger partial charge is 0.169 e. The van der Waals surface area contributed by atoms with E-state index in [2.05, 4.69) is 15.9 Å². The number of ether oxygens (including phenoxy) is 2. The van der Waals surface area contributed by atoms with Crippen molar-refractivity contribution in [1.82, 2.24) is 0 Å². The number of halogens is 1. The molecule has 4 nitrogen and oxygen atoms in total. The first-order valence-corrected chi connectivity index (χ1v) is 7.30. The maximum absolute atomic E-state index is 9.14. The van der Waals surface area contributed by atoms with Gasteiger partial charge in [-0.1, -0.05) is 18.3 Å². The van der Waals surface area contributed by atoms with E-state index < -0.39 is 0 Å². The molecular formula is C15H14BrNO3S. The minimum absolute atomic E-state index is 0.0526. The first-order valence-electron chi connectivity index (χ1n) is 6.10. The van der Waals surface area contributed by atoms with Crippen LogP contribution in [-0.4, -0.2) is 17.2 Å². The zero-order chi connectivity index (χ0) is 15.4. The van der Waals surface area contributed by atoms with Crippen LogP contribution < -0.4 is 15.2 Å². The quantitative estimate of drug-likeness (QED) is 0.793. The third-order valence-electron chi connectivity index (χ3n) is 2.85. The van der Waals surface area contributed by atoms with Crippen LogP contribution >= 0.6 is 28.1 Å². The number of nitrogens with two attached hydrogens (primary N) is 1. The molecule has 2 rings (SSSR count). The topological polar surface area (TPSA) is 64.7 Å². The molecule has 6 heteroatoms. The largest absolute Gasteiger partial charge is 0.493 e. The summed E-state index contributed by atoms with van der Waals surface area (Å²) < 4.78 is 11.8. The SMILES string of the molecule is COc1cc(CO)ccc1Oc1ccc(C(N)=S)cc1Br. The lowest BCUT2D eigenvalue weighted by molar-refractivity contribution is 0.280. The van der Waals surface area contributed by atoms with Crippen LogP contribution in [0.5, 0.6) is 17.2 Å². The van der Waals surface area contributed by atoms with Gasteiger partial charge in [0.1, 0.15) is 10.7 Å². The molecule has 0 aromatic heterocycles. The number of aliphatic hydroxyl groups excluding tert-OH is 1. The van der Waals surface area contributed by atoms with Crippen LogP contribution in [0.2, 0.25) is 0 Å². The Kier molecular flexibility index (Phi) is 5.17. The first-order chi connectivity index (χ1) is 10.0. The van der Waals surface area contributed by atoms with Crippen molar-refractivity contribution in [1.29, 1.82) is 0 Å². The fourth-order valence-corrected chi connectivity index (χ4v) is 2.34. The number of thiocarbonyl (C=S) groups is 1. The molecule has 0 bridgehead atoms. The molecule has 0 aliphatic carbocycles. The molecular weight excluding hydrogens is 354 g/mol. The minimum Gasteiger partial charge on any atom is -0.493 e. The fraction of sp³-hybridized carbons (Fsp3) is 0.133. The molecule has 0 aliphatic rings. The van der Waals surface area contributed by atoms with Crippen molar-refractivity contribution in [3.05, 3.63) is 52.0 Å². The van der Waals surface area contributed by atoms with Gasteiger partial charge in [-0.15, -0.1) is 0 Å². The second kappa shape index (κ2) is 6.89. The highest BCUT2D eigenvalue weighted by Gasteiger charge is 2.10. The lowest BCUT2D eigenvalue weighted by Gasteiger charge is -2.13. The zero-order valence-corrected chi connectivity index (χ0v) is 13.7. The third-order valence-corrected chi connectivity index (χ3v) is 3.70. The van der Waals surface area contributed by atoms with Crippen molar-refractivity contribution in [2.45, 2.75) is 6.61 Å². The van der Waals surface area contributed by atoms with Crippen molar-refractivity contribution in [2.24, 2.45) is 5.73 Å². The fourth-order valence-electron chi connectivity index (χ4n) is 1.75. The van der Waals surface area contributed by atoms with E-state index in [0.717, 1.165) is 15.6 Å². The van der Waals surface area contributed by atoms with Gasteiger partial charge in [0.05, 0.1) is 18.2 Å². The van der Waals surface area contributed by atoms with Crippen molar-refractivity contribution >= 4 is 33.1 Å². The maximum Gasteiger partial charge on any atom is 0.169 e. The molecule has 0 saturated heterocycles. The molecule has 110 valence electrons. The van der Waals surface area contributed by atoms with E-state index in [4.69, 9.17) is 32.5 Å². The standard InChI is InChI=1S/C15H14BrNO3S/c1-19-14-6-9(8-18)2-4-13(14)20-12-5-3-10(15(17)21)7-11(12)16/h2-7,18H,8H2,1H3,(H2,17,21). The van der Waals surface area contributed by atoms with Crippen LogP contribution in [0, 0.1) is 0 Å². The number of hydrogen-bond donors (Lipinski definition) is 2. The molecule has 0 aliphatic heterocycles. The molecule has 2 aromatic rings. The number of benzene rings is 2. The Bertz CT molecular complexity index is 676. The van der Waals surface area contributed by atoms with Crippen molar-refractivity contribution < 1.29 is 14.6 Å². The molecule has 3 N–H and O–H groups in total. The molecule has 0 saturated carbocycles. The Morgan fingerprint density at radius 2 is 1.90 bits per heavy atom. The Labute approximate surface area is 136 Å². The van der Waals surface area contributed by atoms with Gasteiger partial charge >= 0.3 is 0 Å². The van der Waals surface area contributed by atoms with Gasteiger partial charge in [0.2, 0.25) is 0 Å². The van der Waals surface area contributed by atoms with E-state index >= 15 is 0 Å². The zero-order valence-electron chi connectivity index (χ0n) is 11.3. The predicted octanol–water partition coefficient (Wildman–Crippen LogP) is 3.38. The summed E-state index contributed by atoms with van der Waals surface area (Å²) >= 11 is 8.36. The van der Waals surface area contributed by atoms with Gasteiger partial charge in [0, 0.05) is 5.56 Å². The first kappa shape index (κ1) is 15.8. The van der Waals surface area contributed by atoms with E-state index in [1.54, 1.807) is 43.5 Å². The highest BCUT2D eigenvalue weighted by atomic mass is 79.9.